The van der Waals surface area contributed by atoms with Gasteiger partial charge in [-0.15, -0.1) is 0 Å². The predicted molar refractivity (Wildman–Crippen MR) is 69.8 cm³/mol. The van der Waals surface area contributed by atoms with Gasteiger partial charge in [-0.3, -0.25) is 0 Å². The third-order valence-corrected chi connectivity index (χ3v) is 2.36. The molecular weight excluding hydrogens is 226 g/mol. The van der Waals surface area contributed by atoms with Crippen molar-refractivity contribution in [2.24, 2.45) is 0 Å². The summed E-state index contributed by atoms with van der Waals surface area (Å²) >= 11 is 0. The number of aromatic nitrogens is 1. The highest BCUT2D eigenvalue weighted by Gasteiger charge is 2.02. The number of nitrogens with zero attached hydrogens (tertiary/aromatic N) is 2. The summed E-state index contributed by atoms with van der Waals surface area (Å²) in [6.07, 6.45) is 1.65. The van der Waals surface area contributed by atoms with Crippen molar-refractivity contribution >= 4 is 11.5 Å². The van der Waals surface area contributed by atoms with Crippen molar-refractivity contribution in [3.8, 4) is 11.8 Å². The molecule has 18 heavy (non-hydrogen) atoms. The average molecular weight is 239 g/mol. The van der Waals surface area contributed by atoms with Crippen molar-refractivity contribution in [3.05, 3.63) is 48.2 Å². The molecule has 0 fully saturated rings. The van der Waals surface area contributed by atoms with Gasteiger partial charge in [-0.2, -0.15) is 5.26 Å². The largest absolute Gasteiger partial charge is 0.494 e. The first-order chi connectivity index (χ1) is 8.83. The van der Waals surface area contributed by atoms with Crippen LogP contribution in [0, 0.1) is 11.3 Å². The van der Waals surface area contributed by atoms with E-state index in [0.29, 0.717) is 18.0 Å². The van der Waals surface area contributed by atoms with Gasteiger partial charge in [0, 0.05) is 11.9 Å². The zero-order valence-electron chi connectivity index (χ0n) is 10.1. The van der Waals surface area contributed by atoms with E-state index in [1.165, 1.54) is 0 Å². The van der Waals surface area contributed by atoms with E-state index < -0.39 is 0 Å². The van der Waals surface area contributed by atoms with Crippen molar-refractivity contribution in [1.29, 1.82) is 5.26 Å². The second kappa shape index (κ2) is 5.69. The van der Waals surface area contributed by atoms with Gasteiger partial charge >= 0.3 is 0 Å². The molecule has 1 aromatic carbocycles. The molecule has 1 aromatic heterocycles. The van der Waals surface area contributed by atoms with Crippen LogP contribution in [0.15, 0.2) is 42.6 Å². The third-order valence-electron chi connectivity index (χ3n) is 2.36. The standard InChI is InChI=1S/C14H13N3O/c1-2-18-13-7-5-12(6-8-13)17-14-11(10-15)4-3-9-16-14/h3-9H,2H2,1H3,(H,16,17). The first-order valence-corrected chi connectivity index (χ1v) is 5.68. The SMILES string of the molecule is CCOc1ccc(Nc2ncccc2C#N)cc1. The average Bonchev–Trinajstić information content (AvgIpc) is 2.42. The van der Waals surface area contributed by atoms with Gasteiger partial charge in [0.15, 0.2) is 0 Å². The van der Waals surface area contributed by atoms with Crippen molar-refractivity contribution in [2.75, 3.05) is 11.9 Å². The molecule has 0 aliphatic rings. The van der Waals surface area contributed by atoms with Crippen LogP contribution < -0.4 is 10.1 Å². The summed E-state index contributed by atoms with van der Waals surface area (Å²) in [5.41, 5.74) is 1.39. The Morgan fingerprint density at radius 1 is 1.28 bits per heavy atom. The van der Waals surface area contributed by atoms with E-state index in [1.807, 2.05) is 31.2 Å². The molecule has 0 spiro atoms. The van der Waals surface area contributed by atoms with E-state index in [0.717, 1.165) is 11.4 Å². The molecule has 0 unspecified atom stereocenters. The number of nitrogens with one attached hydrogen (secondary N) is 1. The fourth-order valence-corrected chi connectivity index (χ4v) is 1.53. The van der Waals surface area contributed by atoms with Crippen LogP contribution in [0.1, 0.15) is 12.5 Å². The summed E-state index contributed by atoms with van der Waals surface area (Å²) in [6, 6.07) is 13.1. The molecule has 0 saturated carbocycles. The molecule has 0 atom stereocenters. The minimum absolute atomic E-state index is 0.520. The lowest BCUT2D eigenvalue weighted by molar-refractivity contribution is 0.340. The summed E-state index contributed by atoms with van der Waals surface area (Å²) in [6.45, 7) is 2.59. The van der Waals surface area contributed by atoms with Gasteiger partial charge in [0.05, 0.1) is 12.2 Å². The fraction of sp³-hybridized carbons (Fsp3) is 0.143. The van der Waals surface area contributed by atoms with Crippen molar-refractivity contribution in [3.63, 3.8) is 0 Å². The van der Waals surface area contributed by atoms with Crippen LogP contribution in [0.2, 0.25) is 0 Å². The number of nitriles is 1. The first-order valence-electron chi connectivity index (χ1n) is 5.68. The molecule has 1 N–H and O–H groups in total. The van der Waals surface area contributed by atoms with Gasteiger partial charge < -0.3 is 10.1 Å². The van der Waals surface area contributed by atoms with E-state index in [9.17, 15) is 0 Å². The molecule has 0 saturated heterocycles. The molecule has 0 bridgehead atoms. The maximum atomic E-state index is 8.96. The summed E-state index contributed by atoms with van der Waals surface area (Å²) in [7, 11) is 0. The lowest BCUT2D eigenvalue weighted by Gasteiger charge is -2.08. The minimum Gasteiger partial charge on any atom is -0.494 e. The Balaban J connectivity index is 2.16. The van der Waals surface area contributed by atoms with E-state index in [4.69, 9.17) is 10.00 Å². The van der Waals surface area contributed by atoms with Crippen LogP contribution in [0.25, 0.3) is 0 Å². The van der Waals surface area contributed by atoms with Crippen LogP contribution in [0.5, 0.6) is 5.75 Å². The normalized spacial score (nSPS) is 9.56. The lowest BCUT2D eigenvalue weighted by atomic mass is 10.2. The van der Waals surface area contributed by atoms with E-state index in [1.54, 1.807) is 18.3 Å². The van der Waals surface area contributed by atoms with Crippen LogP contribution in [0.3, 0.4) is 0 Å². The smallest absolute Gasteiger partial charge is 0.148 e. The molecule has 4 nitrogen and oxygen atoms in total. The number of rotatable bonds is 4. The van der Waals surface area contributed by atoms with Gasteiger partial charge in [-0.25, -0.2) is 4.98 Å². The fourth-order valence-electron chi connectivity index (χ4n) is 1.53. The van der Waals surface area contributed by atoms with Gasteiger partial charge in [0.2, 0.25) is 0 Å². The molecule has 2 rings (SSSR count). The summed E-state index contributed by atoms with van der Waals surface area (Å²) in [4.78, 5) is 4.14. The monoisotopic (exact) mass is 239 g/mol. The Hall–Kier alpha value is -2.54. The second-order valence-electron chi connectivity index (χ2n) is 3.59. The van der Waals surface area contributed by atoms with Crippen LogP contribution in [0.4, 0.5) is 11.5 Å². The van der Waals surface area contributed by atoms with Crippen molar-refractivity contribution in [2.45, 2.75) is 6.92 Å². The molecule has 0 aliphatic heterocycles. The number of hydrogen-bond donors (Lipinski definition) is 1. The molecule has 0 radical (unpaired) electrons. The Morgan fingerprint density at radius 3 is 2.72 bits per heavy atom. The number of anilines is 2. The molecule has 1 heterocycles. The highest BCUT2D eigenvalue weighted by molar-refractivity contribution is 5.62. The summed E-state index contributed by atoms with van der Waals surface area (Å²) < 4.78 is 5.36. The van der Waals surface area contributed by atoms with Crippen molar-refractivity contribution < 1.29 is 4.74 Å². The zero-order valence-corrected chi connectivity index (χ0v) is 10.1. The third kappa shape index (κ3) is 2.77. The highest BCUT2D eigenvalue weighted by atomic mass is 16.5. The number of hydrogen-bond acceptors (Lipinski definition) is 4. The van der Waals surface area contributed by atoms with Crippen LogP contribution >= 0.6 is 0 Å². The molecule has 2 aromatic rings. The minimum atomic E-state index is 0.520. The topological polar surface area (TPSA) is 57.9 Å². The lowest BCUT2D eigenvalue weighted by Crippen LogP contribution is -1.96. The van der Waals surface area contributed by atoms with Crippen LogP contribution in [-0.2, 0) is 0 Å². The van der Waals surface area contributed by atoms with E-state index in [2.05, 4.69) is 16.4 Å². The maximum absolute atomic E-state index is 8.96. The van der Waals surface area contributed by atoms with Gasteiger partial charge in [-0.05, 0) is 43.3 Å². The molecule has 4 heteroatoms. The van der Waals surface area contributed by atoms with E-state index >= 15 is 0 Å². The predicted octanol–water partition coefficient (Wildman–Crippen LogP) is 3.10. The van der Waals surface area contributed by atoms with Gasteiger partial charge in [-0.1, -0.05) is 0 Å². The number of pyridine rings is 1. The van der Waals surface area contributed by atoms with Crippen molar-refractivity contribution in [1.82, 2.24) is 4.98 Å². The molecule has 0 amide bonds. The summed E-state index contributed by atoms with van der Waals surface area (Å²) in [5, 5.41) is 12.1. The quantitative estimate of drug-likeness (QED) is 0.890. The molecule has 0 aliphatic carbocycles. The van der Waals surface area contributed by atoms with Gasteiger partial charge in [0.1, 0.15) is 17.6 Å². The Labute approximate surface area is 106 Å². The van der Waals surface area contributed by atoms with Crippen LogP contribution in [-0.4, -0.2) is 11.6 Å². The Bertz CT molecular complexity index is 558. The Morgan fingerprint density at radius 2 is 2.06 bits per heavy atom. The number of ether oxygens (including phenoxy) is 1. The number of benzene rings is 1. The molecular formula is C14H13N3O. The Kier molecular flexibility index (Phi) is 3.77. The van der Waals surface area contributed by atoms with Gasteiger partial charge in [0.25, 0.3) is 0 Å². The molecule has 90 valence electrons. The van der Waals surface area contributed by atoms with E-state index in [-0.39, 0.29) is 0 Å². The second-order valence-corrected chi connectivity index (χ2v) is 3.59. The highest BCUT2D eigenvalue weighted by Crippen LogP contribution is 2.20. The maximum Gasteiger partial charge on any atom is 0.148 e. The first kappa shape index (κ1) is 11.9. The summed E-state index contributed by atoms with van der Waals surface area (Å²) in [5.74, 6) is 1.38. The zero-order chi connectivity index (χ0) is 12.8.